The Kier molecular flexibility index (Phi) is 6.51. The summed E-state index contributed by atoms with van der Waals surface area (Å²) in [7, 11) is 0. The van der Waals surface area contributed by atoms with E-state index >= 15 is 0 Å². The number of piperidine rings is 1. The SMILES string of the molecule is CCCn1c(=O)c2ccccc2n(CC(=O)N2CCCC(C(=O)OCC)C2)c1=O. The topological polar surface area (TPSA) is 90.6 Å². The molecule has 0 saturated carbocycles. The monoisotopic (exact) mass is 401 g/mol. The van der Waals surface area contributed by atoms with E-state index < -0.39 is 5.69 Å². The third-order valence-electron chi connectivity index (χ3n) is 5.27. The zero-order valence-corrected chi connectivity index (χ0v) is 16.9. The Bertz CT molecular complexity index is 1020. The number of amides is 1. The van der Waals surface area contributed by atoms with Gasteiger partial charge in [0, 0.05) is 19.6 Å². The first-order valence-electron chi connectivity index (χ1n) is 10.1. The van der Waals surface area contributed by atoms with E-state index in [1.54, 1.807) is 36.1 Å². The highest BCUT2D eigenvalue weighted by Gasteiger charge is 2.29. The Morgan fingerprint density at radius 3 is 2.62 bits per heavy atom. The van der Waals surface area contributed by atoms with Crippen LogP contribution in [0.3, 0.4) is 0 Å². The van der Waals surface area contributed by atoms with Crippen LogP contribution in [0.15, 0.2) is 33.9 Å². The fraction of sp³-hybridized carbons (Fsp3) is 0.524. The van der Waals surface area contributed by atoms with Crippen LogP contribution in [0.5, 0.6) is 0 Å². The maximum atomic E-state index is 13.0. The lowest BCUT2D eigenvalue weighted by Crippen LogP contribution is -2.47. The molecule has 0 bridgehead atoms. The highest BCUT2D eigenvalue weighted by molar-refractivity contribution is 5.82. The second-order valence-electron chi connectivity index (χ2n) is 7.27. The van der Waals surface area contributed by atoms with Crippen molar-refractivity contribution in [1.82, 2.24) is 14.0 Å². The number of para-hydroxylation sites is 1. The summed E-state index contributed by atoms with van der Waals surface area (Å²) in [5.74, 6) is -0.868. The van der Waals surface area contributed by atoms with E-state index in [9.17, 15) is 19.2 Å². The van der Waals surface area contributed by atoms with E-state index in [1.165, 1.54) is 9.13 Å². The maximum Gasteiger partial charge on any atom is 0.331 e. The van der Waals surface area contributed by atoms with Gasteiger partial charge >= 0.3 is 11.7 Å². The van der Waals surface area contributed by atoms with Gasteiger partial charge in [-0.15, -0.1) is 0 Å². The number of likely N-dealkylation sites (tertiary alicyclic amines) is 1. The average molecular weight is 401 g/mol. The van der Waals surface area contributed by atoms with Gasteiger partial charge in [-0.1, -0.05) is 19.1 Å². The fourth-order valence-corrected chi connectivity index (χ4v) is 3.84. The number of hydrogen-bond acceptors (Lipinski definition) is 5. The van der Waals surface area contributed by atoms with Crippen LogP contribution < -0.4 is 11.2 Å². The molecule has 2 aromatic rings. The second-order valence-corrected chi connectivity index (χ2v) is 7.27. The van der Waals surface area contributed by atoms with E-state index in [0.29, 0.717) is 56.4 Å². The van der Waals surface area contributed by atoms with Crippen LogP contribution in [0.4, 0.5) is 0 Å². The summed E-state index contributed by atoms with van der Waals surface area (Å²) >= 11 is 0. The Morgan fingerprint density at radius 2 is 1.90 bits per heavy atom. The molecule has 2 heterocycles. The summed E-state index contributed by atoms with van der Waals surface area (Å²) in [6, 6.07) is 6.83. The molecule has 0 radical (unpaired) electrons. The van der Waals surface area contributed by atoms with Crippen molar-refractivity contribution in [3.05, 3.63) is 45.1 Å². The summed E-state index contributed by atoms with van der Waals surface area (Å²) in [5.41, 5.74) is -0.374. The number of benzene rings is 1. The molecule has 0 N–H and O–H groups in total. The molecule has 0 spiro atoms. The lowest BCUT2D eigenvalue weighted by atomic mass is 9.98. The van der Waals surface area contributed by atoms with E-state index in [-0.39, 0.29) is 29.9 Å². The van der Waals surface area contributed by atoms with Gasteiger partial charge in [0.05, 0.1) is 23.4 Å². The zero-order chi connectivity index (χ0) is 21.0. The molecule has 1 fully saturated rings. The van der Waals surface area contributed by atoms with Crippen molar-refractivity contribution >= 4 is 22.8 Å². The number of fused-ring (bicyclic) bond motifs is 1. The molecule has 8 heteroatoms. The fourth-order valence-electron chi connectivity index (χ4n) is 3.84. The van der Waals surface area contributed by atoms with Gasteiger partial charge in [-0.25, -0.2) is 4.79 Å². The van der Waals surface area contributed by atoms with Crippen molar-refractivity contribution < 1.29 is 14.3 Å². The van der Waals surface area contributed by atoms with Crippen LogP contribution in [-0.2, 0) is 27.4 Å². The molecule has 1 aliphatic heterocycles. The van der Waals surface area contributed by atoms with Crippen molar-refractivity contribution in [3.63, 3.8) is 0 Å². The molecule has 1 amide bonds. The molecule has 1 aromatic heterocycles. The van der Waals surface area contributed by atoms with Crippen molar-refractivity contribution in [2.45, 2.75) is 46.2 Å². The van der Waals surface area contributed by atoms with Gasteiger partial charge in [0.2, 0.25) is 5.91 Å². The van der Waals surface area contributed by atoms with E-state index in [4.69, 9.17) is 4.74 Å². The van der Waals surface area contributed by atoms with Gasteiger partial charge < -0.3 is 9.64 Å². The number of hydrogen-bond donors (Lipinski definition) is 0. The minimum Gasteiger partial charge on any atom is -0.466 e. The van der Waals surface area contributed by atoms with E-state index in [2.05, 4.69) is 0 Å². The van der Waals surface area contributed by atoms with Crippen molar-refractivity contribution in [2.24, 2.45) is 5.92 Å². The van der Waals surface area contributed by atoms with Crippen LogP contribution in [-0.4, -0.2) is 45.6 Å². The molecule has 1 unspecified atom stereocenters. The summed E-state index contributed by atoms with van der Waals surface area (Å²) in [5, 5.41) is 0.413. The minimum absolute atomic E-state index is 0.168. The predicted octanol–water partition coefficient (Wildman–Crippen LogP) is 1.37. The highest BCUT2D eigenvalue weighted by atomic mass is 16.5. The summed E-state index contributed by atoms with van der Waals surface area (Å²) < 4.78 is 7.64. The van der Waals surface area contributed by atoms with Crippen LogP contribution in [0.25, 0.3) is 10.9 Å². The third-order valence-corrected chi connectivity index (χ3v) is 5.27. The maximum absolute atomic E-state index is 13.0. The molecule has 1 saturated heterocycles. The molecule has 8 nitrogen and oxygen atoms in total. The molecule has 1 aromatic carbocycles. The Hall–Kier alpha value is -2.90. The predicted molar refractivity (Wildman–Crippen MR) is 109 cm³/mol. The Balaban J connectivity index is 1.91. The van der Waals surface area contributed by atoms with Gasteiger partial charge in [-0.3, -0.25) is 23.5 Å². The molecule has 1 aliphatic rings. The third kappa shape index (κ3) is 4.26. The van der Waals surface area contributed by atoms with E-state index in [0.717, 1.165) is 0 Å². The Labute approximate surface area is 168 Å². The summed E-state index contributed by atoms with van der Waals surface area (Å²) in [6.07, 6.45) is 2.03. The first-order valence-corrected chi connectivity index (χ1v) is 10.1. The normalized spacial score (nSPS) is 16.8. The van der Waals surface area contributed by atoms with Gasteiger partial charge in [-0.2, -0.15) is 0 Å². The first kappa shape index (κ1) is 20.8. The quantitative estimate of drug-likeness (QED) is 0.682. The van der Waals surface area contributed by atoms with Crippen molar-refractivity contribution in [1.29, 1.82) is 0 Å². The van der Waals surface area contributed by atoms with Gasteiger partial charge in [0.25, 0.3) is 5.56 Å². The van der Waals surface area contributed by atoms with Gasteiger partial charge in [0.1, 0.15) is 6.54 Å². The van der Waals surface area contributed by atoms with Crippen LogP contribution in [0.2, 0.25) is 0 Å². The summed E-state index contributed by atoms with van der Waals surface area (Å²) in [4.78, 5) is 52.2. The molecule has 29 heavy (non-hydrogen) atoms. The average Bonchev–Trinajstić information content (AvgIpc) is 2.74. The lowest BCUT2D eigenvalue weighted by Gasteiger charge is -2.31. The van der Waals surface area contributed by atoms with Crippen LogP contribution in [0, 0.1) is 5.92 Å². The molecule has 1 atom stereocenters. The number of aromatic nitrogens is 2. The molecule has 156 valence electrons. The number of rotatable bonds is 6. The summed E-state index contributed by atoms with van der Waals surface area (Å²) in [6.45, 7) is 4.91. The van der Waals surface area contributed by atoms with Gasteiger partial charge in [0.15, 0.2) is 0 Å². The largest absolute Gasteiger partial charge is 0.466 e. The van der Waals surface area contributed by atoms with Crippen LogP contribution >= 0.6 is 0 Å². The van der Waals surface area contributed by atoms with Crippen molar-refractivity contribution in [3.8, 4) is 0 Å². The number of nitrogens with zero attached hydrogens (tertiary/aromatic N) is 3. The zero-order valence-electron chi connectivity index (χ0n) is 16.9. The second kappa shape index (κ2) is 9.07. The van der Waals surface area contributed by atoms with E-state index in [1.807, 2.05) is 6.92 Å². The number of carbonyl (C=O) groups excluding carboxylic acids is 2. The smallest absolute Gasteiger partial charge is 0.331 e. The first-order chi connectivity index (χ1) is 14.0. The highest BCUT2D eigenvalue weighted by Crippen LogP contribution is 2.18. The van der Waals surface area contributed by atoms with Crippen molar-refractivity contribution in [2.75, 3.05) is 19.7 Å². The number of esters is 1. The standard InChI is InChI=1S/C21H27N3O5/c1-3-11-23-19(26)16-9-5-6-10-17(16)24(21(23)28)14-18(25)22-12-7-8-15(13-22)20(27)29-4-2/h5-6,9-10,15H,3-4,7-8,11-14H2,1-2H3. The lowest BCUT2D eigenvalue weighted by molar-refractivity contribution is -0.151. The molecule has 3 rings (SSSR count). The molecular formula is C21H27N3O5. The van der Waals surface area contributed by atoms with Gasteiger partial charge in [-0.05, 0) is 38.3 Å². The molecule has 0 aliphatic carbocycles. The number of carbonyl (C=O) groups is 2. The number of ether oxygens (including phenoxy) is 1. The minimum atomic E-state index is -0.483. The molecular weight excluding hydrogens is 374 g/mol. The Morgan fingerprint density at radius 1 is 1.14 bits per heavy atom. The van der Waals surface area contributed by atoms with Crippen LogP contribution in [0.1, 0.15) is 33.1 Å².